The quantitative estimate of drug-likeness (QED) is 0.0261. The molecule has 0 aliphatic rings. The Hall–Kier alpha value is -3.41. The van der Waals surface area contributed by atoms with Crippen molar-refractivity contribution < 1.29 is 28.6 Å². The summed E-state index contributed by atoms with van der Waals surface area (Å²) in [4.78, 5) is 38.0. The van der Waals surface area contributed by atoms with E-state index in [0.717, 1.165) is 96.3 Å². The highest BCUT2D eigenvalue weighted by Gasteiger charge is 2.19. The molecular weight excluding hydrogens is 901 g/mol. The summed E-state index contributed by atoms with van der Waals surface area (Å²) in [6, 6.07) is 0. The molecule has 73 heavy (non-hydrogen) atoms. The molecular formula is C67H116O6. The van der Waals surface area contributed by atoms with Crippen LogP contribution in [0.5, 0.6) is 0 Å². The zero-order chi connectivity index (χ0) is 52.9. The van der Waals surface area contributed by atoms with Crippen LogP contribution in [0, 0.1) is 0 Å². The lowest BCUT2D eigenvalue weighted by Crippen LogP contribution is -2.30. The van der Waals surface area contributed by atoms with Gasteiger partial charge in [-0.1, -0.05) is 273 Å². The van der Waals surface area contributed by atoms with Gasteiger partial charge in [-0.2, -0.15) is 0 Å². The van der Waals surface area contributed by atoms with Crippen molar-refractivity contribution in [2.24, 2.45) is 0 Å². The minimum Gasteiger partial charge on any atom is -0.462 e. The summed E-state index contributed by atoms with van der Waals surface area (Å²) >= 11 is 0. The third-order valence-corrected chi connectivity index (χ3v) is 13.4. The molecule has 6 nitrogen and oxygen atoms in total. The second kappa shape index (κ2) is 61.1. The van der Waals surface area contributed by atoms with Gasteiger partial charge in [0.05, 0.1) is 0 Å². The van der Waals surface area contributed by atoms with Crippen molar-refractivity contribution >= 4 is 17.9 Å². The van der Waals surface area contributed by atoms with Crippen LogP contribution in [0.15, 0.2) is 85.1 Å². The predicted molar refractivity (Wildman–Crippen MR) is 316 cm³/mol. The molecule has 0 bridgehead atoms. The highest BCUT2D eigenvalue weighted by atomic mass is 16.6. The molecule has 0 aromatic carbocycles. The number of hydrogen-bond donors (Lipinski definition) is 0. The van der Waals surface area contributed by atoms with E-state index in [2.05, 4.69) is 106 Å². The van der Waals surface area contributed by atoms with E-state index in [4.69, 9.17) is 14.2 Å². The maximum absolute atomic E-state index is 12.8. The average Bonchev–Trinajstić information content (AvgIpc) is 3.39. The highest BCUT2D eigenvalue weighted by Crippen LogP contribution is 2.16. The fourth-order valence-electron chi connectivity index (χ4n) is 8.74. The molecule has 1 unspecified atom stereocenters. The Balaban J connectivity index is 4.11. The second-order valence-electron chi connectivity index (χ2n) is 20.6. The van der Waals surface area contributed by atoms with Crippen LogP contribution in [0.3, 0.4) is 0 Å². The lowest BCUT2D eigenvalue weighted by molar-refractivity contribution is -0.167. The Morgan fingerprint density at radius 3 is 0.863 bits per heavy atom. The number of esters is 3. The fraction of sp³-hybridized carbons (Fsp3) is 0.746. The molecule has 0 aromatic rings. The zero-order valence-electron chi connectivity index (χ0n) is 48.1. The first kappa shape index (κ1) is 69.6. The van der Waals surface area contributed by atoms with Gasteiger partial charge in [0, 0.05) is 19.3 Å². The van der Waals surface area contributed by atoms with Crippen LogP contribution in [-0.4, -0.2) is 37.2 Å². The monoisotopic (exact) mass is 1020 g/mol. The molecule has 0 aromatic heterocycles. The van der Waals surface area contributed by atoms with E-state index in [1.54, 1.807) is 0 Å². The number of unbranched alkanes of at least 4 members (excludes halogenated alkanes) is 31. The summed E-state index contributed by atoms with van der Waals surface area (Å²) in [5, 5.41) is 0. The largest absolute Gasteiger partial charge is 0.462 e. The van der Waals surface area contributed by atoms with Crippen molar-refractivity contribution in [1.82, 2.24) is 0 Å². The molecule has 1 atom stereocenters. The maximum atomic E-state index is 12.8. The van der Waals surface area contributed by atoms with Gasteiger partial charge < -0.3 is 14.2 Å². The fourth-order valence-corrected chi connectivity index (χ4v) is 8.74. The molecule has 0 N–H and O–H groups in total. The van der Waals surface area contributed by atoms with E-state index in [1.165, 1.54) is 167 Å². The zero-order valence-corrected chi connectivity index (χ0v) is 48.1. The van der Waals surface area contributed by atoms with Crippen molar-refractivity contribution in [2.45, 2.75) is 309 Å². The molecule has 0 rings (SSSR count). The van der Waals surface area contributed by atoms with E-state index in [1.807, 2.05) is 0 Å². The Bertz CT molecular complexity index is 1400. The summed E-state index contributed by atoms with van der Waals surface area (Å²) in [6.45, 7) is 6.48. The molecule has 0 aliphatic heterocycles. The van der Waals surface area contributed by atoms with Crippen LogP contribution in [0.25, 0.3) is 0 Å². The number of ether oxygens (including phenoxy) is 3. The number of rotatable bonds is 56. The van der Waals surface area contributed by atoms with Crippen LogP contribution in [0.2, 0.25) is 0 Å². The average molecular weight is 1020 g/mol. The van der Waals surface area contributed by atoms with Gasteiger partial charge in [0.25, 0.3) is 0 Å². The van der Waals surface area contributed by atoms with Gasteiger partial charge in [-0.3, -0.25) is 14.4 Å². The summed E-state index contributed by atoms with van der Waals surface area (Å²) in [5.74, 6) is -0.878. The summed E-state index contributed by atoms with van der Waals surface area (Å²) in [7, 11) is 0. The first-order chi connectivity index (χ1) is 36.0. The minimum atomic E-state index is -0.776. The number of carbonyl (C=O) groups is 3. The first-order valence-electron chi connectivity index (χ1n) is 31.1. The second-order valence-corrected chi connectivity index (χ2v) is 20.6. The molecule has 0 heterocycles. The normalized spacial score (nSPS) is 12.6. The summed E-state index contributed by atoms with van der Waals surface area (Å²) in [5.41, 5.74) is 0. The van der Waals surface area contributed by atoms with E-state index >= 15 is 0 Å². The third-order valence-electron chi connectivity index (χ3n) is 13.4. The van der Waals surface area contributed by atoms with E-state index in [-0.39, 0.29) is 31.1 Å². The summed E-state index contributed by atoms with van der Waals surface area (Å²) in [6.07, 6.45) is 80.4. The predicted octanol–water partition coefficient (Wildman–Crippen LogP) is 21.1. The van der Waals surface area contributed by atoms with Crippen LogP contribution in [0.4, 0.5) is 0 Å². The standard InChI is InChI=1S/C67H116O6/c1-4-7-10-13-16-18-20-22-24-26-28-29-30-31-32-33-34-35-36-37-39-40-42-44-46-48-51-54-57-60-66(69)72-63-64(62-71-65(68)59-56-53-50-15-12-9-6-3)73-67(70)61-58-55-52-49-47-45-43-41-38-27-25-23-21-19-17-14-11-8-5-2/h7,10,16-19,22-25,28-29,31-32,64H,4-6,8-9,11-15,20-21,26-27,30,33-63H2,1-3H3/b10-7-,18-16-,19-17-,24-22-,25-23-,29-28-,32-31-. The van der Waals surface area contributed by atoms with E-state index in [0.29, 0.717) is 19.3 Å². The lowest BCUT2D eigenvalue weighted by atomic mass is 10.0. The Morgan fingerprint density at radius 1 is 0.288 bits per heavy atom. The molecule has 6 heteroatoms. The van der Waals surface area contributed by atoms with Gasteiger partial charge >= 0.3 is 17.9 Å². The lowest BCUT2D eigenvalue weighted by Gasteiger charge is -2.18. The van der Waals surface area contributed by atoms with E-state index < -0.39 is 6.10 Å². The maximum Gasteiger partial charge on any atom is 0.306 e. The SMILES string of the molecule is CC/C=C\C/C=C\C/C=C\C/C=C\C/C=C\CCCCCCCCCCCCCCCC(=O)OCC(COC(=O)CCCCCCCCC)OC(=O)CCCCCCCCCCC/C=C\C/C=C\CCCCC. The van der Waals surface area contributed by atoms with Gasteiger partial charge in [-0.25, -0.2) is 0 Å². The minimum absolute atomic E-state index is 0.0758. The number of hydrogen-bond acceptors (Lipinski definition) is 6. The van der Waals surface area contributed by atoms with Crippen molar-refractivity contribution in [2.75, 3.05) is 13.2 Å². The van der Waals surface area contributed by atoms with Gasteiger partial charge in [-0.05, 0) is 96.3 Å². The molecule has 0 saturated heterocycles. The Morgan fingerprint density at radius 2 is 0.534 bits per heavy atom. The molecule has 0 fully saturated rings. The van der Waals surface area contributed by atoms with Gasteiger partial charge in [0.15, 0.2) is 6.10 Å². The number of carbonyl (C=O) groups excluding carboxylic acids is 3. The molecule has 420 valence electrons. The third kappa shape index (κ3) is 59.3. The van der Waals surface area contributed by atoms with Crippen LogP contribution in [-0.2, 0) is 28.6 Å². The topological polar surface area (TPSA) is 78.9 Å². The van der Waals surface area contributed by atoms with Gasteiger partial charge in [0.2, 0.25) is 0 Å². The van der Waals surface area contributed by atoms with Crippen LogP contribution >= 0.6 is 0 Å². The Kier molecular flexibility index (Phi) is 58.3. The van der Waals surface area contributed by atoms with Crippen LogP contribution < -0.4 is 0 Å². The van der Waals surface area contributed by atoms with Gasteiger partial charge in [0.1, 0.15) is 13.2 Å². The highest BCUT2D eigenvalue weighted by molar-refractivity contribution is 5.71. The number of allylic oxidation sites excluding steroid dienone is 14. The first-order valence-corrected chi connectivity index (χ1v) is 31.1. The van der Waals surface area contributed by atoms with Crippen molar-refractivity contribution in [3.8, 4) is 0 Å². The van der Waals surface area contributed by atoms with E-state index in [9.17, 15) is 14.4 Å². The molecule has 0 aliphatic carbocycles. The molecule has 0 radical (unpaired) electrons. The smallest absolute Gasteiger partial charge is 0.306 e. The molecule has 0 spiro atoms. The molecule has 0 saturated carbocycles. The summed E-state index contributed by atoms with van der Waals surface area (Å²) < 4.78 is 16.8. The van der Waals surface area contributed by atoms with Crippen molar-refractivity contribution in [3.05, 3.63) is 85.1 Å². The van der Waals surface area contributed by atoms with Crippen LogP contribution in [0.1, 0.15) is 303 Å². The molecule has 0 amide bonds. The Labute approximate surface area is 452 Å². The van der Waals surface area contributed by atoms with Crippen molar-refractivity contribution in [1.29, 1.82) is 0 Å². The van der Waals surface area contributed by atoms with Crippen molar-refractivity contribution in [3.63, 3.8) is 0 Å². The van der Waals surface area contributed by atoms with Gasteiger partial charge in [-0.15, -0.1) is 0 Å².